The Morgan fingerprint density at radius 2 is 2.40 bits per heavy atom. The summed E-state index contributed by atoms with van der Waals surface area (Å²) >= 11 is 5.96. The van der Waals surface area contributed by atoms with Crippen molar-refractivity contribution in [3.63, 3.8) is 0 Å². The Morgan fingerprint density at radius 3 is 3.00 bits per heavy atom. The second-order valence-electron chi connectivity index (χ2n) is 3.75. The topological polar surface area (TPSA) is 34.5 Å². The maximum absolute atomic E-state index is 5.96. The number of halogens is 1. The predicted molar refractivity (Wildman–Crippen MR) is 60.3 cm³/mol. The van der Waals surface area contributed by atoms with Crippen LogP contribution in [0.3, 0.4) is 0 Å². The van der Waals surface area contributed by atoms with Gasteiger partial charge < -0.3 is 4.84 Å². The third-order valence-electron chi connectivity index (χ3n) is 2.56. The molecule has 15 heavy (non-hydrogen) atoms. The highest BCUT2D eigenvalue weighted by Gasteiger charge is 2.26. The average Bonchev–Trinajstić information content (AvgIpc) is 2.67. The first-order valence-electron chi connectivity index (χ1n) is 4.96. The molecule has 1 aromatic rings. The van der Waals surface area contributed by atoms with Crippen molar-refractivity contribution in [2.45, 2.75) is 31.7 Å². The normalized spacial score (nSPS) is 22.1. The van der Waals surface area contributed by atoms with Crippen LogP contribution in [0.5, 0.6) is 0 Å². The minimum atomic E-state index is -0.0248. The van der Waals surface area contributed by atoms with Crippen LogP contribution in [-0.4, -0.2) is 22.2 Å². The number of alkyl halides is 1. The summed E-state index contributed by atoms with van der Waals surface area (Å²) < 4.78 is 0. The van der Waals surface area contributed by atoms with Gasteiger partial charge in [-0.3, -0.25) is 4.98 Å². The Balaban J connectivity index is 2.18. The SMILES string of the molecule is Cc1ccncc1C1=NOC(C(C)Cl)C1. The molecule has 80 valence electrons. The van der Waals surface area contributed by atoms with Crippen LogP contribution >= 0.6 is 11.6 Å². The van der Waals surface area contributed by atoms with Crippen LogP contribution in [0.25, 0.3) is 0 Å². The second kappa shape index (κ2) is 4.19. The van der Waals surface area contributed by atoms with Crippen molar-refractivity contribution >= 4 is 17.3 Å². The van der Waals surface area contributed by atoms with E-state index in [1.807, 2.05) is 26.1 Å². The standard InChI is InChI=1S/C11H13ClN2O/c1-7-3-4-13-6-9(7)10-5-11(8(2)12)15-14-10/h3-4,6,8,11H,5H2,1-2H3. The first kappa shape index (κ1) is 10.4. The van der Waals surface area contributed by atoms with Gasteiger partial charge in [-0.15, -0.1) is 11.6 Å². The summed E-state index contributed by atoms with van der Waals surface area (Å²) in [5.41, 5.74) is 3.16. The number of nitrogens with zero attached hydrogens (tertiary/aromatic N) is 2. The van der Waals surface area contributed by atoms with E-state index in [2.05, 4.69) is 10.1 Å². The number of aromatic nitrogens is 1. The van der Waals surface area contributed by atoms with Gasteiger partial charge in [0.2, 0.25) is 0 Å². The monoisotopic (exact) mass is 224 g/mol. The highest BCUT2D eigenvalue weighted by atomic mass is 35.5. The third-order valence-corrected chi connectivity index (χ3v) is 2.84. The van der Waals surface area contributed by atoms with Crippen molar-refractivity contribution in [1.82, 2.24) is 4.98 Å². The van der Waals surface area contributed by atoms with E-state index in [1.54, 1.807) is 6.20 Å². The molecule has 0 radical (unpaired) electrons. The number of oxime groups is 1. The lowest BCUT2D eigenvalue weighted by Crippen LogP contribution is -2.18. The fourth-order valence-electron chi connectivity index (χ4n) is 1.57. The molecule has 0 aromatic carbocycles. The zero-order valence-corrected chi connectivity index (χ0v) is 9.53. The summed E-state index contributed by atoms with van der Waals surface area (Å²) in [6, 6.07) is 1.97. The molecule has 0 saturated heterocycles. The van der Waals surface area contributed by atoms with Crippen LogP contribution in [-0.2, 0) is 4.84 Å². The summed E-state index contributed by atoms with van der Waals surface area (Å²) in [7, 11) is 0. The lowest BCUT2D eigenvalue weighted by molar-refractivity contribution is 0.0855. The molecule has 3 nitrogen and oxygen atoms in total. The van der Waals surface area contributed by atoms with Gasteiger partial charge >= 0.3 is 0 Å². The van der Waals surface area contributed by atoms with Gasteiger partial charge in [-0.2, -0.15) is 0 Å². The van der Waals surface area contributed by atoms with Crippen molar-refractivity contribution < 1.29 is 4.84 Å². The van der Waals surface area contributed by atoms with Crippen LogP contribution in [0.2, 0.25) is 0 Å². The van der Waals surface area contributed by atoms with Crippen molar-refractivity contribution in [1.29, 1.82) is 0 Å². The Labute approximate surface area is 94.1 Å². The number of rotatable bonds is 2. The fraction of sp³-hybridized carbons (Fsp3) is 0.455. The minimum Gasteiger partial charge on any atom is -0.390 e. The molecule has 0 amide bonds. The Hall–Kier alpha value is -1.09. The van der Waals surface area contributed by atoms with E-state index in [4.69, 9.17) is 16.4 Å². The highest BCUT2D eigenvalue weighted by molar-refractivity contribution is 6.21. The predicted octanol–water partition coefficient (Wildman–Crippen LogP) is 2.51. The highest BCUT2D eigenvalue weighted by Crippen LogP contribution is 2.22. The maximum Gasteiger partial charge on any atom is 0.149 e. The zero-order valence-electron chi connectivity index (χ0n) is 8.77. The van der Waals surface area contributed by atoms with Crippen molar-refractivity contribution in [3.8, 4) is 0 Å². The summed E-state index contributed by atoms with van der Waals surface area (Å²) in [6.45, 7) is 3.96. The molecular weight excluding hydrogens is 212 g/mol. The summed E-state index contributed by atoms with van der Waals surface area (Å²) in [5.74, 6) is 0. The Morgan fingerprint density at radius 1 is 1.60 bits per heavy atom. The summed E-state index contributed by atoms with van der Waals surface area (Å²) in [6.07, 6.45) is 4.34. The molecule has 1 aliphatic rings. The second-order valence-corrected chi connectivity index (χ2v) is 4.44. The van der Waals surface area contributed by atoms with Crippen LogP contribution in [0.15, 0.2) is 23.6 Å². The molecule has 2 atom stereocenters. The Bertz CT molecular complexity index is 390. The molecule has 0 saturated carbocycles. The van der Waals surface area contributed by atoms with E-state index in [0.717, 1.165) is 23.3 Å². The van der Waals surface area contributed by atoms with Crippen molar-refractivity contribution in [2.75, 3.05) is 0 Å². The molecule has 2 unspecified atom stereocenters. The molecule has 0 aliphatic carbocycles. The minimum absolute atomic E-state index is 0.0127. The Kier molecular flexibility index (Phi) is 2.91. The number of hydrogen-bond acceptors (Lipinski definition) is 3. The van der Waals surface area contributed by atoms with Gasteiger partial charge in [0.15, 0.2) is 0 Å². The van der Waals surface area contributed by atoms with Gasteiger partial charge in [0.1, 0.15) is 6.10 Å². The van der Waals surface area contributed by atoms with Crippen LogP contribution in [0.4, 0.5) is 0 Å². The molecule has 0 N–H and O–H groups in total. The van der Waals surface area contributed by atoms with Gasteiger partial charge in [-0.05, 0) is 25.5 Å². The van der Waals surface area contributed by atoms with Crippen LogP contribution in [0.1, 0.15) is 24.5 Å². The van der Waals surface area contributed by atoms with E-state index in [-0.39, 0.29) is 11.5 Å². The first-order chi connectivity index (χ1) is 7.18. The van der Waals surface area contributed by atoms with Gasteiger partial charge in [0, 0.05) is 24.4 Å². The molecule has 2 rings (SSSR count). The van der Waals surface area contributed by atoms with Crippen LogP contribution in [0, 0.1) is 6.92 Å². The molecule has 1 aliphatic heterocycles. The third kappa shape index (κ3) is 2.12. The lowest BCUT2D eigenvalue weighted by atomic mass is 10.0. The van der Waals surface area contributed by atoms with Crippen molar-refractivity contribution in [3.05, 3.63) is 29.6 Å². The average molecular weight is 225 g/mol. The van der Waals surface area contributed by atoms with E-state index < -0.39 is 0 Å². The molecular formula is C11H13ClN2O. The number of pyridine rings is 1. The number of aryl methyl sites for hydroxylation is 1. The first-order valence-corrected chi connectivity index (χ1v) is 5.40. The van der Waals surface area contributed by atoms with E-state index in [0.29, 0.717) is 0 Å². The van der Waals surface area contributed by atoms with Gasteiger partial charge in [0.25, 0.3) is 0 Å². The smallest absolute Gasteiger partial charge is 0.149 e. The quantitative estimate of drug-likeness (QED) is 0.724. The van der Waals surface area contributed by atoms with Gasteiger partial charge in [-0.25, -0.2) is 0 Å². The van der Waals surface area contributed by atoms with E-state index in [9.17, 15) is 0 Å². The molecule has 0 spiro atoms. The summed E-state index contributed by atoms with van der Waals surface area (Å²) in [5, 5.41) is 4.04. The molecule has 4 heteroatoms. The van der Waals surface area contributed by atoms with E-state index >= 15 is 0 Å². The molecule has 0 fully saturated rings. The lowest BCUT2D eigenvalue weighted by Gasteiger charge is -2.09. The molecule has 1 aromatic heterocycles. The van der Waals surface area contributed by atoms with Crippen LogP contribution < -0.4 is 0 Å². The van der Waals surface area contributed by atoms with Gasteiger partial charge in [-0.1, -0.05) is 5.16 Å². The molecule has 0 bridgehead atoms. The number of hydrogen-bond donors (Lipinski definition) is 0. The van der Waals surface area contributed by atoms with Crippen molar-refractivity contribution in [2.24, 2.45) is 5.16 Å². The van der Waals surface area contributed by atoms with E-state index in [1.165, 1.54) is 0 Å². The summed E-state index contributed by atoms with van der Waals surface area (Å²) in [4.78, 5) is 9.36. The fourth-order valence-corrected chi connectivity index (χ4v) is 1.70. The largest absolute Gasteiger partial charge is 0.390 e. The molecule has 2 heterocycles. The zero-order chi connectivity index (χ0) is 10.8. The van der Waals surface area contributed by atoms with Gasteiger partial charge in [0.05, 0.1) is 11.1 Å². The maximum atomic E-state index is 5.96.